The van der Waals surface area contributed by atoms with Crippen LogP contribution in [0.3, 0.4) is 0 Å². The molecule has 7 heteroatoms. The number of hydrogen-bond donors (Lipinski definition) is 0. The maximum atomic E-state index is 12.1. The number of methoxy groups -OCH3 is 1. The minimum absolute atomic E-state index is 0.0201. The molecule has 154 valence electrons. The van der Waals surface area contributed by atoms with Gasteiger partial charge >= 0.3 is 5.69 Å². The van der Waals surface area contributed by atoms with E-state index >= 15 is 0 Å². The van der Waals surface area contributed by atoms with Crippen molar-refractivity contribution in [2.24, 2.45) is 20.0 Å². The summed E-state index contributed by atoms with van der Waals surface area (Å²) in [6.45, 7) is 1.97. The molecule has 0 atom stereocenters. The number of amides is 1. The summed E-state index contributed by atoms with van der Waals surface area (Å²) in [7, 11) is 5.13. The van der Waals surface area contributed by atoms with Gasteiger partial charge in [0.2, 0.25) is 5.91 Å². The second-order valence-corrected chi connectivity index (χ2v) is 8.75. The zero-order valence-corrected chi connectivity index (χ0v) is 18.0. The lowest BCUT2D eigenvalue weighted by Gasteiger charge is -2.31. The molecule has 1 aromatic heterocycles. The van der Waals surface area contributed by atoms with Crippen LogP contribution in [-0.4, -0.2) is 51.6 Å². The smallest absolute Gasteiger partial charge is 0.328 e. The molecule has 0 unspecified atom stereocenters. The van der Waals surface area contributed by atoms with Crippen LogP contribution in [0, 0.1) is 5.92 Å². The van der Waals surface area contributed by atoms with Gasteiger partial charge in [-0.15, -0.1) is 0 Å². The Morgan fingerprint density at radius 2 is 1.68 bits per heavy atom. The summed E-state index contributed by atoms with van der Waals surface area (Å²) >= 11 is 1.97. The van der Waals surface area contributed by atoms with E-state index in [1.165, 1.54) is 19.3 Å². The molecule has 6 nitrogen and oxygen atoms in total. The second-order valence-electron chi connectivity index (χ2n) is 7.53. The van der Waals surface area contributed by atoms with Crippen LogP contribution in [0.2, 0.25) is 0 Å². The molecule has 2 aromatic rings. The van der Waals surface area contributed by atoms with Crippen molar-refractivity contribution in [3.05, 3.63) is 28.7 Å². The van der Waals surface area contributed by atoms with Crippen molar-refractivity contribution in [3.63, 3.8) is 0 Å². The van der Waals surface area contributed by atoms with Gasteiger partial charge < -0.3 is 9.64 Å². The summed E-state index contributed by atoms with van der Waals surface area (Å²) in [4.78, 5) is 25.7. The molecule has 1 saturated heterocycles. The van der Waals surface area contributed by atoms with Crippen molar-refractivity contribution in [3.8, 4) is 5.75 Å². The molecular formula is C21H31N3O3S. The van der Waals surface area contributed by atoms with Gasteiger partial charge in [-0.1, -0.05) is 19.3 Å². The van der Waals surface area contributed by atoms with Crippen molar-refractivity contribution in [2.45, 2.75) is 32.1 Å². The Kier molecular flexibility index (Phi) is 7.10. The molecule has 2 aliphatic rings. The highest BCUT2D eigenvalue weighted by Crippen LogP contribution is 2.26. The summed E-state index contributed by atoms with van der Waals surface area (Å²) in [5.41, 5.74) is 1.78. The molecule has 1 aromatic carbocycles. The van der Waals surface area contributed by atoms with Crippen LogP contribution in [0.1, 0.15) is 32.1 Å². The molecule has 1 aliphatic heterocycles. The number of benzene rings is 1. The number of carbonyl (C=O) groups is 1. The first-order valence-electron chi connectivity index (χ1n) is 10.1. The lowest BCUT2D eigenvalue weighted by atomic mass is 9.88. The van der Waals surface area contributed by atoms with E-state index in [2.05, 4.69) is 4.90 Å². The maximum absolute atomic E-state index is 12.1. The van der Waals surface area contributed by atoms with E-state index < -0.39 is 0 Å². The lowest BCUT2D eigenvalue weighted by Crippen LogP contribution is -2.42. The van der Waals surface area contributed by atoms with Crippen molar-refractivity contribution in [2.75, 3.05) is 31.7 Å². The Labute approximate surface area is 170 Å². The molecule has 4 rings (SSSR count). The molecule has 2 fully saturated rings. The maximum Gasteiger partial charge on any atom is 0.328 e. The highest BCUT2D eigenvalue weighted by molar-refractivity contribution is 7.99. The van der Waals surface area contributed by atoms with E-state index in [0.717, 1.165) is 54.2 Å². The number of hydrogen-bond acceptors (Lipinski definition) is 4. The first-order chi connectivity index (χ1) is 13.5. The van der Waals surface area contributed by atoms with Gasteiger partial charge in [-0.2, -0.15) is 11.8 Å². The predicted octanol–water partition coefficient (Wildman–Crippen LogP) is 3.03. The topological polar surface area (TPSA) is 56.5 Å². The average Bonchev–Trinajstić information content (AvgIpc) is 2.98. The zero-order chi connectivity index (χ0) is 20.1. The van der Waals surface area contributed by atoms with Crippen molar-refractivity contribution < 1.29 is 9.53 Å². The Morgan fingerprint density at radius 1 is 1.04 bits per heavy atom. The monoisotopic (exact) mass is 405 g/mol. The molecule has 1 aliphatic carbocycles. The molecule has 0 radical (unpaired) electrons. The average molecular weight is 406 g/mol. The number of ether oxygens (including phenoxy) is 1. The number of aromatic nitrogens is 2. The molecule has 2 heterocycles. The Balaban J connectivity index is 0.000000161. The molecular weight excluding hydrogens is 374 g/mol. The fourth-order valence-corrected chi connectivity index (χ4v) is 4.91. The van der Waals surface area contributed by atoms with Gasteiger partial charge in [0, 0.05) is 50.7 Å². The van der Waals surface area contributed by atoms with Crippen LogP contribution in [0.4, 0.5) is 0 Å². The highest BCUT2D eigenvalue weighted by Gasteiger charge is 2.26. The number of fused-ring (bicyclic) bond motifs is 1. The van der Waals surface area contributed by atoms with Crippen LogP contribution < -0.4 is 10.4 Å². The van der Waals surface area contributed by atoms with Gasteiger partial charge in [0.15, 0.2) is 0 Å². The van der Waals surface area contributed by atoms with E-state index in [1.807, 2.05) is 30.0 Å². The van der Waals surface area contributed by atoms with Gasteiger partial charge in [-0.3, -0.25) is 13.9 Å². The zero-order valence-electron chi connectivity index (χ0n) is 17.1. The number of thioether (sulfide) groups is 1. The van der Waals surface area contributed by atoms with Gasteiger partial charge in [0.25, 0.3) is 0 Å². The molecule has 1 amide bonds. The van der Waals surface area contributed by atoms with Gasteiger partial charge in [-0.25, -0.2) is 4.79 Å². The number of carbonyl (C=O) groups excluding carboxylic acids is 1. The number of imidazole rings is 1. The van der Waals surface area contributed by atoms with E-state index in [0.29, 0.717) is 11.8 Å². The van der Waals surface area contributed by atoms with Gasteiger partial charge in [0.05, 0.1) is 18.1 Å². The van der Waals surface area contributed by atoms with Crippen molar-refractivity contribution in [1.29, 1.82) is 0 Å². The quantitative estimate of drug-likeness (QED) is 0.771. The number of nitrogens with zero attached hydrogens (tertiary/aromatic N) is 3. The first kappa shape index (κ1) is 20.8. The van der Waals surface area contributed by atoms with Crippen molar-refractivity contribution >= 4 is 28.7 Å². The van der Waals surface area contributed by atoms with E-state index in [9.17, 15) is 9.59 Å². The number of rotatable bonds is 2. The third kappa shape index (κ3) is 4.57. The minimum Gasteiger partial charge on any atom is -0.497 e. The molecule has 28 heavy (non-hydrogen) atoms. The van der Waals surface area contributed by atoms with Crippen LogP contribution >= 0.6 is 11.8 Å². The van der Waals surface area contributed by atoms with Crippen LogP contribution in [0.15, 0.2) is 23.0 Å². The van der Waals surface area contributed by atoms with Crippen LogP contribution in [0.25, 0.3) is 11.0 Å². The second kappa shape index (κ2) is 9.54. The van der Waals surface area contributed by atoms with Crippen LogP contribution in [0.5, 0.6) is 5.75 Å². The summed E-state index contributed by atoms with van der Waals surface area (Å²) in [6.07, 6.45) is 6.14. The summed E-state index contributed by atoms with van der Waals surface area (Å²) in [5, 5.41) is 0. The Morgan fingerprint density at radius 3 is 2.32 bits per heavy atom. The molecule has 0 spiro atoms. The first-order valence-corrected chi connectivity index (χ1v) is 11.2. The summed E-state index contributed by atoms with van der Waals surface area (Å²) < 4.78 is 8.33. The third-order valence-electron chi connectivity index (χ3n) is 5.76. The van der Waals surface area contributed by atoms with Crippen LogP contribution in [-0.2, 0) is 18.9 Å². The van der Waals surface area contributed by atoms with Gasteiger partial charge in [-0.05, 0) is 25.0 Å². The van der Waals surface area contributed by atoms with Crippen molar-refractivity contribution in [1.82, 2.24) is 14.0 Å². The fraction of sp³-hybridized carbons (Fsp3) is 0.619. The largest absolute Gasteiger partial charge is 0.497 e. The normalized spacial score (nSPS) is 17.9. The standard InChI is InChI=1S/C11H19NOS.C10H12N2O2/c13-11(10-4-2-1-3-5-10)12-6-8-14-9-7-12;1-11-8-5-4-7(14-3)6-9(8)12(2)10(11)13/h10H,1-9H2;4-6H,1-3H3. The van der Waals surface area contributed by atoms with Gasteiger partial charge in [0.1, 0.15) is 5.75 Å². The Hall–Kier alpha value is -1.89. The predicted molar refractivity (Wildman–Crippen MR) is 115 cm³/mol. The molecule has 1 saturated carbocycles. The van der Waals surface area contributed by atoms with E-state index in [4.69, 9.17) is 4.74 Å². The molecule has 0 bridgehead atoms. The minimum atomic E-state index is -0.0201. The molecule has 0 N–H and O–H groups in total. The van der Waals surface area contributed by atoms with E-state index in [1.54, 1.807) is 30.3 Å². The van der Waals surface area contributed by atoms with E-state index in [-0.39, 0.29) is 5.69 Å². The number of aryl methyl sites for hydroxylation is 2. The SMILES string of the molecule is COc1ccc2c(c1)n(C)c(=O)n2C.O=C(C1CCCCC1)N1CCSCC1. The Bertz CT molecular complexity index is 842. The summed E-state index contributed by atoms with van der Waals surface area (Å²) in [5.74, 6) is 3.85. The highest BCUT2D eigenvalue weighted by atomic mass is 32.2. The fourth-order valence-electron chi connectivity index (χ4n) is 4.01. The third-order valence-corrected chi connectivity index (χ3v) is 6.70. The lowest BCUT2D eigenvalue weighted by molar-refractivity contribution is -0.136. The summed E-state index contributed by atoms with van der Waals surface area (Å²) in [6, 6.07) is 5.59.